The molecular formula is C24H32FN3O4S. The maximum atomic E-state index is 13.3. The molecule has 0 aliphatic carbocycles. The molecule has 0 saturated carbocycles. The number of carbonyl (C=O) groups excluding carboxylic acids is 2. The molecule has 7 nitrogen and oxygen atoms in total. The molecule has 0 fully saturated rings. The first kappa shape index (κ1) is 26.3. The first-order chi connectivity index (χ1) is 15.5. The monoisotopic (exact) mass is 477 g/mol. The maximum Gasteiger partial charge on any atom is 0.244 e. The van der Waals surface area contributed by atoms with Crippen molar-refractivity contribution in [1.82, 2.24) is 10.2 Å². The molecule has 2 aromatic rings. The van der Waals surface area contributed by atoms with Gasteiger partial charge < -0.3 is 10.2 Å². The second kappa shape index (κ2) is 11.8. The van der Waals surface area contributed by atoms with Crippen LogP contribution in [0.4, 0.5) is 10.1 Å². The average molecular weight is 478 g/mol. The van der Waals surface area contributed by atoms with Crippen LogP contribution in [0, 0.1) is 11.7 Å². The summed E-state index contributed by atoms with van der Waals surface area (Å²) in [6.45, 7) is 5.77. The van der Waals surface area contributed by atoms with Crippen LogP contribution in [0.1, 0.15) is 26.3 Å². The lowest BCUT2D eigenvalue weighted by Gasteiger charge is -2.31. The molecule has 180 valence electrons. The molecule has 0 spiro atoms. The summed E-state index contributed by atoms with van der Waals surface area (Å²) in [5, 5.41) is 2.83. The van der Waals surface area contributed by atoms with E-state index in [1.54, 1.807) is 6.92 Å². The van der Waals surface area contributed by atoms with E-state index in [0.717, 1.165) is 28.3 Å². The van der Waals surface area contributed by atoms with Gasteiger partial charge in [-0.2, -0.15) is 0 Å². The van der Waals surface area contributed by atoms with Crippen molar-refractivity contribution < 1.29 is 22.4 Å². The highest BCUT2D eigenvalue weighted by Crippen LogP contribution is 2.19. The summed E-state index contributed by atoms with van der Waals surface area (Å²) in [6, 6.07) is 13.6. The Morgan fingerprint density at radius 1 is 1.00 bits per heavy atom. The second-order valence-corrected chi connectivity index (χ2v) is 10.3. The molecule has 0 bridgehead atoms. The summed E-state index contributed by atoms with van der Waals surface area (Å²) in [5.41, 5.74) is 1.16. The minimum Gasteiger partial charge on any atom is -0.354 e. The van der Waals surface area contributed by atoms with E-state index in [0.29, 0.717) is 13.0 Å². The van der Waals surface area contributed by atoms with Crippen LogP contribution in [0.3, 0.4) is 0 Å². The van der Waals surface area contributed by atoms with E-state index in [4.69, 9.17) is 0 Å². The number of nitrogens with zero attached hydrogens (tertiary/aromatic N) is 2. The molecule has 2 amide bonds. The molecule has 0 saturated heterocycles. The highest BCUT2D eigenvalue weighted by Gasteiger charge is 2.29. The normalized spacial score (nSPS) is 12.3. The van der Waals surface area contributed by atoms with Crippen LogP contribution >= 0.6 is 0 Å². The quantitative estimate of drug-likeness (QED) is 0.539. The van der Waals surface area contributed by atoms with Crippen molar-refractivity contribution >= 4 is 27.5 Å². The third kappa shape index (κ3) is 8.16. The molecule has 0 radical (unpaired) electrons. The molecule has 33 heavy (non-hydrogen) atoms. The number of hydrogen-bond donors (Lipinski definition) is 1. The maximum absolute atomic E-state index is 13.3. The predicted octanol–water partition coefficient (Wildman–Crippen LogP) is 2.82. The third-order valence-electron chi connectivity index (χ3n) is 5.13. The Hall–Kier alpha value is -2.94. The molecule has 0 aliphatic heterocycles. The molecular weight excluding hydrogens is 445 g/mol. The van der Waals surface area contributed by atoms with Gasteiger partial charge in [0, 0.05) is 13.1 Å². The van der Waals surface area contributed by atoms with Gasteiger partial charge in [-0.15, -0.1) is 0 Å². The van der Waals surface area contributed by atoms with Crippen molar-refractivity contribution in [2.75, 3.05) is 30.2 Å². The highest BCUT2D eigenvalue weighted by atomic mass is 32.2. The minimum atomic E-state index is -3.83. The van der Waals surface area contributed by atoms with Gasteiger partial charge in [0.1, 0.15) is 18.4 Å². The Morgan fingerprint density at radius 3 is 2.15 bits per heavy atom. The fourth-order valence-corrected chi connectivity index (χ4v) is 4.09. The second-order valence-electron chi connectivity index (χ2n) is 8.38. The van der Waals surface area contributed by atoms with E-state index in [9.17, 15) is 22.4 Å². The predicted molar refractivity (Wildman–Crippen MR) is 128 cm³/mol. The third-order valence-corrected chi connectivity index (χ3v) is 6.27. The average Bonchev–Trinajstić information content (AvgIpc) is 2.76. The first-order valence-electron chi connectivity index (χ1n) is 10.8. The fourth-order valence-electron chi connectivity index (χ4n) is 3.24. The van der Waals surface area contributed by atoms with Crippen molar-refractivity contribution in [2.45, 2.75) is 33.2 Å². The lowest BCUT2D eigenvalue weighted by Crippen LogP contribution is -2.52. The summed E-state index contributed by atoms with van der Waals surface area (Å²) >= 11 is 0. The summed E-state index contributed by atoms with van der Waals surface area (Å²) in [6.07, 6.45) is 1.49. The van der Waals surface area contributed by atoms with Gasteiger partial charge in [-0.1, -0.05) is 44.2 Å². The van der Waals surface area contributed by atoms with E-state index >= 15 is 0 Å². The van der Waals surface area contributed by atoms with Crippen LogP contribution in [-0.4, -0.2) is 57.1 Å². The van der Waals surface area contributed by atoms with Crippen molar-refractivity contribution in [3.63, 3.8) is 0 Å². The standard InChI is InChI=1S/C24H32FN3O4S/c1-18(2)16-26-24(30)19(3)27(15-14-20-8-6-5-7-9-20)23(29)17-28(33(4,31)32)22-12-10-21(25)11-13-22/h5-13,18-19H,14-17H2,1-4H3,(H,26,30)/t19-/m0/s1. The number of sulfonamides is 1. The van der Waals surface area contributed by atoms with Crippen LogP contribution in [0.15, 0.2) is 54.6 Å². The van der Waals surface area contributed by atoms with Crippen molar-refractivity contribution in [1.29, 1.82) is 0 Å². The van der Waals surface area contributed by atoms with Gasteiger partial charge in [-0.05, 0) is 49.1 Å². The van der Waals surface area contributed by atoms with Gasteiger partial charge in [-0.25, -0.2) is 12.8 Å². The number of rotatable bonds is 11. The van der Waals surface area contributed by atoms with Crippen LogP contribution in [0.25, 0.3) is 0 Å². The summed E-state index contributed by atoms with van der Waals surface area (Å²) in [7, 11) is -3.83. The molecule has 0 unspecified atom stereocenters. The zero-order valence-electron chi connectivity index (χ0n) is 19.5. The molecule has 1 atom stereocenters. The smallest absolute Gasteiger partial charge is 0.244 e. The Morgan fingerprint density at radius 2 is 1.61 bits per heavy atom. The van der Waals surface area contributed by atoms with Gasteiger partial charge in [0.15, 0.2) is 0 Å². The van der Waals surface area contributed by atoms with E-state index < -0.39 is 34.3 Å². The summed E-state index contributed by atoms with van der Waals surface area (Å²) in [5.74, 6) is -1.10. The van der Waals surface area contributed by atoms with Gasteiger partial charge in [0.2, 0.25) is 21.8 Å². The Bertz CT molecular complexity index is 1030. The highest BCUT2D eigenvalue weighted by molar-refractivity contribution is 7.92. The first-order valence-corrected chi connectivity index (χ1v) is 12.7. The zero-order valence-corrected chi connectivity index (χ0v) is 20.3. The molecule has 0 heterocycles. The summed E-state index contributed by atoms with van der Waals surface area (Å²) < 4.78 is 39.1. The molecule has 2 aromatic carbocycles. The van der Waals surface area contributed by atoms with Crippen LogP contribution in [0.2, 0.25) is 0 Å². The topological polar surface area (TPSA) is 86.8 Å². The molecule has 1 N–H and O–H groups in total. The number of halogens is 1. The Balaban J connectivity index is 2.27. The van der Waals surface area contributed by atoms with E-state index in [-0.39, 0.29) is 24.1 Å². The number of carbonyl (C=O) groups is 2. The van der Waals surface area contributed by atoms with Crippen LogP contribution in [0.5, 0.6) is 0 Å². The molecule has 2 rings (SSSR count). The lowest BCUT2D eigenvalue weighted by atomic mass is 10.1. The Labute approximate surface area is 195 Å². The number of hydrogen-bond acceptors (Lipinski definition) is 4. The van der Waals surface area contributed by atoms with E-state index in [1.807, 2.05) is 44.2 Å². The number of nitrogens with one attached hydrogen (secondary N) is 1. The van der Waals surface area contributed by atoms with Gasteiger partial charge in [-0.3, -0.25) is 13.9 Å². The number of anilines is 1. The zero-order chi connectivity index (χ0) is 24.6. The van der Waals surface area contributed by atoms with Crippen LogP contribution in [-0.2, 0) is 26.0 Å². The van der Waals surface area contributed by atoms with Crippen molar-refractivity contribution in [2.24, 2.45) is 5.92 Å². The van der Waals surface area contributed by atoms with E-state index in [2.05, 4.69) is 5.32 Å². The largest absolute Gasteiger partial charge is 0.354 e. The number of benzene rings is 2. The number of amides is 2. The van der Waals surface area contributed by atoms with Crippen LogP contribution < -0.4 is 9.62 Å². The lowest BCUT2D eigenvalue weighted by molar-refractivity contribution is -0.138. The van der Waals surface area contributed by atoms with Gasteiger partial charge in [0.25, 0.3) is 0 Å². The molecule has 9 heteroatoms. The molecule has 0 aliphatic rings. The van der Waals surface area contributed by atoms with Gasteiger partial charge in [0.05, 0.1) is 11.9 Å². The fraction of sp³-hybridized carbons (Fsp3) is 0.417. The van der Waals surface area contributed by atoms with Crippen molar-refractivity contribution in [3.8, 4) is 0 Å². The Kier molecular flexibility index (Phi) is 9.40. The van der Waals surface area contributed by atoms with Crippen molar-refractivity contribution in [3.05, 3.63) is 66.0 Å². The van der Waals surface area contributed by atoms with Gasteiger partial charge >= 0.3 is 0 Å². The SMILES string of the molecule is CC(C)CNC(=O)[C@H](C)N(CCc1ccccc1)C(=O)CN(c1ccc(F)cc1)S(C)(=O)=O. The molecule has 0 aromatic heterocycles. The minimum absolute atomic E-state index is 0.173. The van der Waals surface area contributed by atoms with E-state index in [1.165, 1.54) is 17.0 Å². The summed E-state index contributed by atoms with van der Waals surface area (Å²) in [4.78, 5) is 27.4.